The highest BCUT2D eigenvalue weighted by atomic mass is 79.9. The summed E-state index contributed by atoms with van der Waals surface area (Å²) in [6.45, 7) is -0.148. The van der Waals surface area contributed by atoms with Gasteiger partial charge in [-0.2, -0.15) is 0 Å². The van der Waals surface area contributed by atoms with E-state index < -0.39 is 12.5 Å². The fraction of sp³-hybridized carbons (Fsp3) is 0.600. The molecular weight excluding hydrogens is 333 g/mol. The molecule has 0 fully saturated rings. The lowest BCUT2D eigenvalue weighted by atomic mass is 10.1. The predicted octanol–water partition coefficient (Wildman–Crippen LogP) is 5.52. The van der Waals surface area contributed by atoms with Gasteiger partial charge >= 0.3 is 0 Å². The third kappa shape index (κ3) is 7.29. The first-order chi connectivity index (χ1) is 9.63. The van der Waals surface area contributed by atoms with Crippen molar-refractivity contribution < 1.29 is 17.9 Å². The molecule has 0 aliphatic carbocycles. The van der Waals surface area contributed by atoms with Crippen LogP contribution in [-0.2, 0) is 11.3 Å². The average molecular weight is 353 g/mol. The highest BCUT2D eigenvalue weighted by Gasteiger charge is 2.20. The van der Waals surface area contributed by atoms with Gasteiger partial charge in [-0.3, -0.25) is 4.39 Å². The Balaban J connectivity index is 2.29. The van der Waals surface area contributed by atoms with E-state index in [0.717, 1.165) is 22.9 Å². The van der Waals surface area contributed by atoms with Crippen LogP contribution in [0.2, 0.25) is 0 Å². The number of halogens is 4. The van der Waals surface area contributed by atoms with Crippen LogP contribution < -0.4 is 0 Å². The standard InChI is InChI=1S/C15H20BrF3O/c16-13-8-6-12(7-9-13)11-20-14(15(18)19)5-3-1-2-4-10-17/h6-9,14-15H,1-5,10-11H2. The van der Waals surface area contributed by atoms with Crippen LogP contribution in [0.5, 0.6) is 0 Å². The Morgan fingerprint density at radius 2 is 1.65 bits per heavy atom. The summed E-state index contributed by atoms with van der Waals surface area (Å²) in [6, 6.07) is 7.39. The Labute approximate surface area is 126 Å². The molecule has 1 nitrogen and oxygen atoms in total. The fourth-order valence-corrected chi connectivity index (χ4v) is 2.12. The van der Waals surface area contributed by atoms with Crippen molar-refractivity contribution in [3.05, 3.63) is 34.3 Å². The van der Waals surface area contributed by atoms with Crippen LogP contribution in [0.25, 0.3) is 0 Å². The maximum atomic E-state index is 12.8. The Morgan fingerprint density at radius 1 is 1.00 bits per heavy atom. The van der Waals surface area contributed by atoms with Gasteiger partial charge in [0.15, 0.2) is 0 Å². The van der Waals surface area contributed by atoms with Crippen LogP contribution in [0.4, 0.5) is 13.2 Å². The largest absolute Gasteiger partial charge is 0.368 e. The molecule has 5 heteroatoms. The Bertz CT molecular complexity index is 357. The molecule has 0 radical (unpaired) electrons. The lowest BCUT2D eigenvalue weighted by Gasteiger charge is -2.17. The van der Waals surface area contributed by atoms with Crippen molar-refractivity contribution in [2.24, 2.45) is 0 Å². The maximum absolute atomic E-state index is 12.8. The zero-order valence-corrected chi connectivity index (χ0v) is 12.9. The van der Waals surface area contributed by atoms with Crippen molar-refractivity contribution in [1.82, 2.24) is 0 Å². The fourth-order valence-electron chi connectivity index (χ4n) is 1.86. The van der Waals surface area contributed by atoms with Crippen molar-refractivity contribution >= 4 is 15.9 Å². The maximum Gasteiger partial charge on any atom is 0.264 e. The minimum Gasteiger partial charge on any atom is -0.368 e. The second-order valence-corrected chi connectivity index (χ2v) is 5.62. The summed E-state index contributed by atoms with van der Waals surface area (Å²) in [5, 5.41) is 0. The summed E-state index contributed by atoms with van der Waals surface area (Å²) in [5.74, 6) is 0. The average Bonchev–Trinajstić information content (AvgIpc) is 2.43. The zero-order valence-electron chi connectivity index (χ0n) is 11.3. The van der Waals surface area contributed by atoms with E-state index in [1.165, 1.54) is 0 Å². The first-order valence-corrected chi connectivity index (χ1v) is 7.63. The van der Waals surface area contributed by atoms with E-state index >= 15 is 0 Å². The Hall–Kier alpha value is -0.550. The van der Waals surface area contributed by atoms with Crippen LogP contribution in [-0.4, -0.2) is 19.2 Å². The predicted molar refractivity (Wildman–Crippen MR) is 77.8 cm³/mol. The van der Waals surface area contributed by atoms with E-state index in [9.17, 15) is 13.2 Å². The summed E-state index contributed by atoms with van der Waals surface area (Å²) in [7, 11) is 0. The first-order valence-electron chi connectivity index (χ1n) is 6.83. The van der Waals surface area contributed by atoms with Crippen LogP contribution in [0.1, 0.15) is 37.7 Å². The summed E-state index contributed by atoms with van der Waals surface area (Å²) in [6.07, 6.45) is -0.515. The Morgan fingerprint density at radius 3 is 2.25 bits per heavy atom. The topological polar surface area (TPSA) is 9.23 Å². The van der Waals surface area contributed by atoms with E-state index in [2.05, 4.69) is 15.9 Å². The molecule has 1 rings (SSSR count). The van der Waals surface area contributed by atoms with Gasteiger partial charge in [0.2, 0.25) is 0 Å². The molecule has 20 heavy (non-hydrogen) atoms. The van der Waals surface area contributed by atoms with Gasteiger partial charge in [0.25, 0.3) is 6.43 Å². The summed E-state index contributed by atoms with van der Waals surface area (Å²) in [5.41, 5.74) is 0.872. The number of rotatable bonds is 10. The Kier molecular flexibility index (Phi) is 8.94. The van der Waals surface area contributed by atoms with Crippen LogP contribution in [0.3, 0.4) is 0 Å². The van der Waals surface area contributed by atoms with Gasteiger partial charge in [-0.1, -0.05) is 47.3 Å². The molecule has 0 saturated carbocycles. The van der Waals surface area contributed by atoms with Crippen molar-refractivity contribution in [3.8, 4) is 0 Å². The van der Waals surface area contributed by atoms with Crippen molar-refractivity contribution in [2.45, 2.75) is 51.2 Å². The summed E-state index contributed by atoms with van der Waals surface area (Å²) >= 11 is 3.32. The van der Waals surface area contributed by atoms with Gasteiger partial charge in [0, 0.05) is 4.47 Å². The summed E-state index contributed by atoms with van der Waals surface area (Å²) in [4.78, 5) is 0. The van der Waals surface area contributed by atoms with Gasteiger partial charge < -0.3 is 4.74 Å². The highest BCUT2D eigenvalue weighted by molar-refractivity contribution is 9.10. The van der Waals surface area contributed by atoms with Gasteiger partial charge in [-0.15, -0.1) is 0 Å². The van der Waals surface area contributed by atoms with Gasteiger partial charge in [0.05, 0.1) is 13.3 Å². The monoisotopic (exact) mass is 352 g/mol. The minimum atomic E-state index is -2.48. The molecule has 1 atom stereocenters. The molecule has 0 heterocycles. The van der Waals surface area contributed by atoms with Gasteiger partial charge in [0.1, 0.15) is 6.10 Å². The lowest BCUT2D eigenvalue weighted by Crippen LogP contribution is -2.22. The molecule has 1 aromatic rings. The molecule has 114 valence electrons. The quantitative estimate of drug-likeness (QED) is 0.503. The molecule has 1 unspecified atom stereocenters. The van der Waals surface area contributed by atoms with Crippen molar-refractivity contribution in [1.29, 1.82) is 0 Å². The number of alkyl halides is 3. The molecule has 0 spiro atoms. The highest BCUT2D eigenvalue weighted by Crippen LogP contribution is 2.18. The molecule has 0 aliphatic rings. The third-order valence-corrected chi connectivity index (χ3v) is 3.56. The second-order valence-electron chi connectivity index (χ2n) is 4.70. The molecule has 0 bridgehead atoms. The molecule has 0 saturated heterocycles. The van der Waals surface area contributed by atoms with E-state index in [0.29, 0.717) is 19.3 Å². The second kappa shape index (κ2) is 10.2. The smallest absolute Gasteiger partial charge is 0.264 e. The zero-order chi connectivity index (χ0) is 14.8. The minimum absolute atomic E-state index is 0.187. The molecule has 0 N–H and O–H groups in total. The molecular formula is C15H20BrF3O. The number of benzene rings is 1. The molecule has 0 aliphatic heterocycles. The van der Waals surface area contributed by atoms with E-state index in [4.69, 9.17) is 4.74 Å². The van der Waals surface area contributed by atoms with Crippen molar-refractivity contribution in [2.75, 3.05) is 6.67 Å². The number of ether oxygens (including phenoxy) is 1. The number of unbranched alkanes of at least 4 members (excludes halogenated alkanes) is 3. The summed E-state index contributed by atoms with van der Waals surface area (Å²) < 4.78 is 43.8. The SMILES string of the molecule is FCCCCCCC(OCc1ccc(Br)cc1)C(F)F. The van der Waals surface area contributed by atoms with Crippen LogP contribution in [0.15, 0.2) is 28.7 Å². The van der Waals surface area contributed by atoms with E-state index in [1.807, 2.05) is 24.3 Å². The van der Waals surface area contributed by atoms with Gasteiger partial charge in [-0.05, 0) is 30.5 Å². The number of hydrogen-bond acceptors (Lipinski definition) is 1. The van der Waals surface area contributed by atoms with E-state index in [-0.39, 0.29) is 13.3 Å². The first kappa shape index (κ1) is 17.5. The van der Waals surface area contributed by atoms with Gasteiger partial charge in [-0.25, -0.2) is 8.78 Å². The third-order valence-electron chi connectivity index (χ3n) is 3.03. The molecule has 1 aromatic carbocycles. The molecule has 0 aromatic heterocycles. The van der Waals surface area contributed by atoms with Crippen LogP contribution >= 0.6 is 15.9 Å². The lowest BCUT2D eigenvalue weighted by molar-refractivity contribution is -0.0679. The normalized spacial score (nSPS) is 12.8. The number of hydrogen-bond donors (Lipinski definition) is 0. The molecule has 0 amide bonds. The van der Waals surface area contributed by atoms with Crippen LogP contribution in [0, 0.1) is 0 Å². The van der Waals surface area contributed by atoms with E-state index in [1.54, 1.807) is 0 Å². The van der Waals surface area contributed by atoms with Crippen molar-refractivity contribution in [3.63, 3.8) is 0 Å².